The number of amides is 1. The number of rotatable bonds is 3. The Labute approximate surface area is 148 Å². The Morgan fingerprint density at radius 1 is 1.25 bits per heavy atom. The molecule has 3 rings (SSSR count). The number of hydrogen-bond acceptors (Lipinski definition) is 4. The number of cyclic esters (lactones) is 1. The van der Waals surface area contributed by atoms with Gasteiger partial charge in [-0.15, -0.1) is 0 Å². The van der Waals surface area contributed by atoms with Crippen molar-refractivity contribution in [3.05, 3.63) is 58.1 Å². The lowest BCUT2D eigenvalue weighted by Gasteiger charge is -2.33. The number of esters is 1. The molecule has 0 fully saturated rings. The van der Waals surface area contributed by atoms with Crippen molar-refractivity contribution in [2.24, 2.45) is 0 Å². The van der Waals surface area contributed by atoms with Gasteiger partial charge in [-0.1, -0.05) is 15.9 Å². The number of carbonyl (C=O) groups excluding carboxylic acids is 2. The van der Waals surface area contributed by atoms with Crippen LogP contribution in [0.5, 0.6) is 5.75 Å². The maximum Gasteiger partial charge on any atom is 0.339 e. The van der Waals surface area contributed by atoms with Crippen molar-refractivity contribution in [3.8, 4) is 5.75 Å². The predicted molar refractivity (Wildman–Crippen MR) is 93.3 cm³/mol. The Morgan fingerprint density at radius 2 is 1.96 bits per heavy atom. The summed E-state index contributed by atoms with van der Waals surface area (Å²) in [7, 11) is 1.58. The molecule has 0 saturated heterocycles. The van der Waals surface area contributed by atoms with Gasteiger partial charge < -0.3 is 14.8 Å². The van der Waals surface area contributed by atoms with Crippen LogP contribution in [0.15, 0.2) is 46.9 Å². The highest BCUT2D eigenvalue weighted by molar-refractivity contribution is 9.10. The molecule has 1 N–H and O–H groups in total. The fraction of sp³-hybridized carbons (Fsp3) is 0.222. The van der Waals surface area contributed by atoms with E-state index in [4.69, 9.17) is 9.47 Å². The van der Waals surface area contributed by atoms with Gasteiger partial charge in [0, 0.05) is 16.6 Å². The summed E-state index contributed by atoms with van der Waals surface area (Å²) < 4.78 is 11.4. The zero-order valence-corrected chi connectivity index (χ0v) is 14.8. The van der Waals surface area contributed by atoms with Crippen LogP contribution in [0.1, 0.15) is 22.8 Å². The molecule has 2 aromatic rings. The molecule has 124 valence electrons. The van der Waals surface area contributed by atoms with Crippen molar-refractivity contribution in [3.63, 3.8) is 0 Å². The lowest BCUT2D eigenvalue weighted by molar-refractivity contribution is -0.134. The number of fused-ring (bicyclic) bond motifs is 1. The van der Waals surface area contributed by atoms with Crippen LogP contribution in [0.25, 0.3) is 0 Å². The predicted octanol–water partition coefficient (Wildman–Crippen LogP) is 3.57. The van der Waals surface area contributed by atoms with E-state index in [0.717, 1.165) is 10.0 Å². The van der Waals surface area contributed by atoms with Crippen molar-refractivity contribution in [2.75, 3.05) is 12.4 Å². The van der Waals surface area contributed by atoms with Crippen molar-refractivity contribution < 1.29 is 19.1 Å². The van der Waals surface area contributed by atoms with Crippen LogP contribution in [-0.2, 0) is 16.0 Å². The molecule has 5 nitrogen and oxygen atoms in total. The quantitative estimate of drug-likeness (QED) is 0.814. The maximum atomic E-state index is 12.7. The summed E-state index contributed by atoms with van der Waals surface area (Å²) in [6, 6.07) is 12.3. The molecule has 0 radical (unpaired) electrons. The summed E-state index contributed by atoms with van der Waals surface area (Å²) in [5, 5.41) is 2.79. The third-order valence-electron chi connectivity index (χ3n) is 3.96. The van der Waals surface area contributed by atoms with Crippen LogP contribution in [0.2, 0.25) is 0 Å². The number of carbonyl (C=O) groups is 2. The molecule has 24 heavy (non-hydrogen) atoms. The summed E-state index contributed by atoms with van der Waals surface area (Å²) in [6.45, 7) is 1.62. The van der Waals surface area contributed by atoms with Crippen molar-refractivity contribution in [1.29, 1.82) is 0 Å². The van der Waals surface area contributed by atoms with E-state index in [2.05, 4.69) is 21.2 Å². The van der Waals surface area contributed by atoms with E-state index < -0.39 is 11.6 Å². The lowest BCUT2D eigenvalue weighted by atomic mass is 9.89. The highest BCUT2D eigenvalue weighted by Gasteiger charge is 2.42. The van der Waals surface area contributed by atoms with Gasteiger partial charge in [0.15, 0.2) is 5.60 Å². The highest BCUT2D eigenvalue weighted by Crippen LogP contribution is 2.31. The SMILES string of the molecule is COc1ccc(NC(=O)C2(C)Cc3cc(Br)ccc3C(=O)O2)cc1. The van der Waals surface area contributed by atoms with E-state index >= 15 is 0 Å². The molecule has 2 aromatic carbocycles. The largest absolute Gasteiger partial charge is 0.497 e. The van der Waals surface area contributed by atoms with E-state index in [9.17, 15) is 9.59 Å². The average molecular weight is 390 g/mol. The second-order valence-electron chi connectivity index (χ2n) is 5.78. The standard InChI is InChI=1S/C18H16BrNO4/c1-18(17(22)20-13-4-6-14(23-2)7-5-13)10-11-9-12(19)3-8-15(11)16(21)24-18/h3-9H,10H2,1-2H3,(H,20,22). The van der Waals surface area contributed by atoms with Gasteiger partial charge >= 0.3 is 5.97 Å². The molecule has 1 unspecified atom stereocenters. The van der Waals surface area contributed by atoms with Gasteiger partial charge in [0.1, 0.15) is 5.75 Å². The number of nitrogens with one attached hydrogen (secondary N) is 1. The van der Waals surface area contributed by atoms with E-state index in [-0.39, 0.29) is 5.91 Å². The van der Waals surface area contributed by atoms with Crippen LogP contribution >= 0.6 is 15.9 Å². The number of halogens is 1. The lowest BCUT2D eigenvalue weighted by Crippen LogP contribution is -2.48. The van der Waals surface area contributed by atoms with E-state index in [1.807, 2.05) is 6.07 Å². The number of hydrogen-bond donors (Lipinski definition) is 1. The summed E-state index contributed by atoms with van der Waals surface area (Å²) >= 11 is 3.39. The van der Waals surface area contributed by atoms with Crippen LogP contribution in [0, 0.1) is 0 Å². The molecule has 1 amide bonds. The Hall–Kier alpha value is -2.34. The van der Waals surface area contributed by atoms with Gasteiger partial charge in [-0.3, -0.25) is 4.79 Å². The number of methoxy groups -OCH3 is 1. The third-order valence-corrected chi connectivity index (χ3v) is 4.45. The van der Waals surface area contributed by atoms with Gasteiger partial charge in [0.25, 0.3) is 5.91 Å². The fourth-order valence-corrected chi connectivity index (χ4v) is 3.04. The Morgan fingerprint density at radius 3 is 2.62 bits per heavy atom. The van der Waals surface area contributed by atoms with Crippen molar-refractivity contribution >= 4 is 33.5 Å². The zero-order valence-electron chi connectivity index (χ0n) is 13.3. The molecule has 1 aliphatic rings. The monoisotopic (exact) mass is 389 g/mol. The van der Waals surface area contributed by atoms with Crippen molar-refractivity contribution in [2.45, 2.75) is 18.9 Å². The van der Waals surface area contributed by atoms with Gasteiger partial charge in [0.05, 0.1) is 12.7 Å². The second-order valence-corrected chi connectivity index (χ2v) is 6.70. The molecule has 0 aliphatic carbocycles. The molecule has 1 aliphatic heterocycles. The van der Waals surface area contributed by atoms with Gasteiger partial charge in [-0.25, -0.2) is 4.79 Å². The average Bonchev–Trinajstić information content (AvgIpc) is 2.55. The summed E-state index contributed by atoms with van der Waals surface area (Å²) in [5.41, 5.74) is 0.629. The van der Waals surface area contributed by atoms with Crippen LogP contribution < -0.4 is 10.1 Å². The summed E-state index contributed by atoms with van der Waals surface area (Å²) in [6.07, 6.45) is 0.315. The first-order valence-electron chi connectivity index (χ1n) is 7.38. The highest BCUT2D eigenvalue weighted by atomic mass is 79.9. The zero-order chi connectivity index (χ0) is 17.3. The molecule has 0 aromatic heterocycles. The van der Waals surface area contributed by atoms with Crippen LogP contribution in [0.3, 0.4) is 0 Å². The number of benzene rings is 2. The molecular formula is C18H16BrNO4. The normalized spacial score (nSPS) is 19.2. The molecule has 1 atom stereocenters. The fourth-order valence-electron chi connectivity index (χ4n) is 2.63. The van der Waals surface area contributed by atoms with E-state index in [1.165, 1.54) is 0 Å². The minimum atomic E-state index is -1.26. The molecule has 0 saturated carbocycles. The Bertz CT molecular complexity index is 803. The van der Waals surface area contributed by atoms with Gasteiger partial charge in [0.2, 0.25) is 0 Å². The van der Waals surface area contributed by atoms with Gasteiger partial charge in [-0.2, -0.15) is 0 Å². The smallest absolute Gasteiger partial charge is 0.339 e. The third kappa shape index (κ3) is 3.14. The number of anilines is 1. The maximum absolute atomic E-state index is 12.7. The summed E-state index contributed by atoms with van der Waals surface area (Å²) in [5.74, 6) is -0.162. The van der Waals surface area contributed by atoms with Crippen molar-refractivity contribution in [1.82, 2.24) is 0 Å². The van der Waals surface area contributed by atoms with Crippen LogP contribution in [-0.4, -0.2) is 24.6 Å². The van der Waals surface area contributed by atoms with E-state index in [0.29, 0.717) is 23.4 Å². The minimum Gasteiger partial charge on any atom is -0.497 e. The Kier molecular flexibility index (Phi) is 4.32. The molecule has 0 bridgehead atoms. The number of ether oxygens (including phenoxy) is 2. The first-order valence-corrected chi connectivity index (χ1v) is 8.18. The molecule has 1 heterocycles. The van der Waals surface area contributed by atoms with E-state index in [1.54, 1.807) is 50.4 Å². The topological polar surface area (TPSA) is 64.6 Å². The van der Waals surface area contributed by atoms with Gasteiger partial charge in [-0.05, 0) is 55.0 Å². The minimum absolute atomic E-state index is 0.315. The first-order chi connectivity index (χ1) is 11.4. The molecule has 0 spiro atoms. The van der Waals surface area contributed by atoms with Crippen LogP contribution in [0.4, 0.5) is 5.69 Å². The molecule has 6 heteroatoms. The molecular weight excluding hydrogens is 374 g/mol. The summed E-state index contributed by atoms with van der Waals surface area (Å²) in [4.78, 5) is 24.9. The first kappa shape index (κ1) is 16.5. The Balaban J connectivity index is 1.82. The second kappa shape index (κ2) is 6.28.